The van der Waals surface area contributed by atoms with Gasteiger partial charge in [0.05, 0.1) is 16.9 Å². The second-order valence-electron chi connectivity index (χ2n) is 4.61. The molecule has 0 amide bonds. The second-order valence-corrected chi connectivity index (χ2v) is 4.61. The molecule has 3 rings (SSSR count). The molecular weight excluding hydrogens is 252 g/mol. The van der Waals surface area contributed by atoms with Gasteiger partial charge in [0.2, 0.25) is 0 Å². The first-order valence-electron chi connectivity index (χ1n) is 6.45. The molecule has 6 nitrogen and oxygen atoms in total. The van der Waals surface area contributed by atoms with Gasteiger partial charge in [-0.25, -0.2) is 4.98 Å². The molecule has 0 aliphatic heterocycles. The van der Waals surface area contributed by atoms with Crippen LogP contribution in [0, 0.1) is 0 Å². The number of nitrogen functional groups attached to an aromatic ring is 1. The van der Waals surface area contributed by atoms with Crippen LogP contribution in [0.25, 0.3) is 10.9 Å². The van der Waals surface area contributed by atoms with Crippen molar-refractivity contribution in [3.63, 3.8) is 0 Å². The summed E-state index contributed by atoms with van der Waals surface area (Å²) < 4.78 is 1.70. The van der Waals surface area contributed by atoms with Crippen LogP contribution in [-0.2, 0) is 13.5 Å². The van der Waals surface area contributed by atoms with Gasteiger partial charge in [0.25, 0.3) is 0 Å². The van der Waals surface area contributed by atoms with Crippen LogP contribution < -0.4 is 11.1 Å². The fourth-order valence-corrected chi connectivity index (χ4v) is 2.14. The molecule has 0 saturated carbocycles. The molecule has 1 aromatic carbocycles. The predicted molar refractivity (Wildman–Crippen MR) is 79.4 cm³/mol. The Balaban J connectivity index is 1.73. The largest absolute Gasteiger partial charge is 0.397 e. The molecule has 3 N–H and O–H groups in total. The molecule has 2 heterocycles. The lowest BCUT2D eigenvalue weighted by atomic mass is 10.1. The van der Waals surface area contributed by atoms with Crippen molar-refractivity contribution in [2.24, 2.45) is 7.05 Å². The zero-order valence-corrected chi connectivity index (χ0v) is 11.2. The molecule has 0 atom stereocenters. The fraction of sp³-hybridized carbons (Fsp3) is 0.214. The molecule has 3 aromatic rings. The Bertz CT molecular complexity index is 733. The van der Waals surface area contributed by atoms with Gasteiger partial charge in [0.1, 0.15) is 6.33 Å². The highest BCUT2D eigenvalue weighted by Crippen LogP contribution is 2.27. The fourth-order valence-electron chi connectivity index (χ4n) is 2.14. The van der Waals surface area contributed by atoms with Crippen LogP contribution in [0.5, 0.6) is 0 Å². The Morgan fingerprint density at radius 3 is 2.95 bits per heavy atom. The van der Waals surface area contributed by atoms with Crippen molar-refractivity contribution in [2.75, 3.05) is 17.6 Å². The van der Waals surface area contributed by atoms with Gasteiger partial charge in [-0.1, -0.05) is 0 Å². The van der Waals surface area contributed by atoms with Crippen molar-refractivity contribution in [1.82, 2.24) is 19.7 Å². The van der Waals surface area contributed by atoms with Crippen molar-refractivity contribution in [3.05, 3.63) is 42.6 Å². The van der Waals surface area contributed by atoms with E-state index in [9.17, 15) is 0 Å². The zero-order valence-electron chi connectivity index (χ0n) is 11.2. The van der Waals surface area contributed by atoms with E-state index in [4.69, 9.17) is 5.73 Å². The van der Waals surface area contributed by atoms with E-state index in [-0.39, 0.29) is 0 Å². The molecule has 0 unspecified atom stereocenters. The summed E-state index contributed by atoms with van der Waals surface area (Å²) in [5.41, 5.74) is 8.71. The lowest BCUT2D eigenvalue weighted by Crippen LogP contribution is -2.08. The maximum atomic E-state index is 6.16. The number of nitrogens with one attached hydrogen (secondary N) is 1. The summed E-state index contributed by atoms with van der Waals surface area (Å²) in [5, 5.41) is 8.53. The van der Waals surface area contributed by atoms with E-state index in [2.05, 4.69) is 20.4 Å². The predicted octanol–water partition coefficient (Wildman–Crippen LogP) is 1.60. The number of anilines is 2. The van der Waals surface area contributed by atoms with Gasteiger partial charge >= 0.3 is 0 Å². The van der Waals surface area contributed by atoms with E-state index in [1.807, 2.05) is 31.3 Å². The molecule has 0 aliphatic rings. The summed E-state index contributed by atoms with van der Waals surface area (Å²) in [5.74, 6) is 0.820. The van der Waals surface area contributed by atoms with Crippen LogP contribution in [0.4, 0.5) is 11.4 Å². The maximum Gasteiger partial charge on any atom is 0.152 e. The summed E-state index contributed by atoms with van der Waals surface area (Å²) in [6, 6.07) is 7.78. The molecule has 0 bridgehead atoms. The number of hydrogen-bond acceptors (Lipinski definition) is 5. The van der Waals surface area contributed by atoms with Crippen molar-refractivity contribution in [2.45, 2.75) is 6.42 Å². The molecular formula is C14H16N6. The summed E-state index contributed by atoms with van der Waals surface area (Å²) in [6.07, 6.45) is 4.22. The van der Waals surface area contributed by atoms with E-state index in [1.165, 1.54) is 0 Å². The van der Waals surface area contributed by atoms with Crippen LogP contribution in [0.3, 0.4) is 0 Å². The highest BCUT2D eigenvalue weighted by molar-refractivity contribution is 5.96. The molecule has 0 aliphatic carbocycles. The quantitative estimate of drug-likeness (QED) is 0.702. The Morgan fingerprint density at radius 2 is 2.15 bits per heavy atom. The zero-order chi connectivity index (χ0) is 13.9. The molecule has 2 aromatic heterocycles. The topological polar surface area (TPSA) is 81.7 Å². The minimum atomic E-state index is 0.726. The number of nitrogens with two attached hydrogens (primary N) is 1. The smallest absolute Gasteiger partial charge is 0.152 e. The number of benzene rings is 1. The number of aryl methyl sites for hydroxylation is 1. The maximum absolute atomic E-state index is 6.16. The number of aromatic nitrogens is 4. The van der Waals surface area contributed by atoms with Gasteiger partial charge < -0.3 is 11.1 Å². The minimum absolute atomic E-state index is 0.726. The monoisotopic (exact) mass is 268 g/mol. The van der Waals surface area contributed by atoms with Gasteiger partial charge in [0, 0.05) is 31.6 Å². The lowest BCUT2D eigenvalue weighted by Gasteiger charge is -2.10. The Hall–Kier alpha value is -2.63. The molecule has 0 saturated heterocycles. The van der Waals surface area contributed by atoms with E-state index in [0.717, 1.165) is 41.1 Å². The van der Waals surface area contributed by atoms with Crippen LogP contribution in [0.2, 0.25) is 0 Å². The average molecular weight is 268 g/mol. The van der Waals surface area contributed by atoms with Crippen molar-refractivity contribution in [3.8, 4) is 0 Å². The van der Waals surface area contributed by atoms with Crippen molar-refractivity contribution < 1.29 is 0 Å². The number of fused-ring (bicyclic) bond motifs is 1. The van der Waals surface area contributed by atoms with Crippen LogP contribution in [-0.4, -0.2) is 26.3 Å². The summed E-state index contributed by atoms with van der Waals surface area (Å²) in [7, 11) is 1.86. The first kappa shape index (κ1) is 12.4. The Morgan fingerprint density at radius 1 is 1.25 bits per heavy atom. The highest BCUT2D eigenvalue weighted by atomic mass is 15.3. The van der Waals surface area contributed by atoms with Gasteiger partial charge in [0.15, 0.2) is 5.82 Å². The Kier molecular flexibility index (Phi) is 3.20. The standard InChI is InChI=1S/C14H16N6/c1-20-9-18-13(19-20)6-8-17-12-5-4-11-10(14(12)15)3-2-7-16-11/h2-5,7,9,17H,6,8,15H2,1H3. The summed E-state index contributed by atoms with van der Waals surface area (Å²) in [6.45, 7) is 0.736. The van der Waals surface area contributed by atoms with E-state index in [1.54, 1.807) is 17.2 Å². The average Bonchev–Trinajstić information content (AvgIpc) is 2.87. The first-order chi connectivity index (χ1) is 9.74. The summed E-state index contributed by atoms with van der Waals surface area (Å²) >= 11 is 0. The highest BCUT2D eigenvalue weighted by Gasteiger charge is 2.05. The van der Waals surface area contributed by atoms with E-state index >= 15 is 0 Å². The number of nitrogens with zero attached hydrogens (tertiary/aromatic N) is 4. The number of hydrogen-bond donors (Lipinski definition) is 2. The first-order valence-corrected chi connectivity index (χ1v) is 6.45. The van der Waals surface area contributed by atoms with Gasteiger partial charge in [-0.15, -0.1) is 0 Å². The molecule has 0 radical (unpaired) electrons. The molecule has 102 valence electrons. The van der Waals surface area contributed by atoms with Crippen molar-refractivity contribution >= 4 is 22.3 Å². The molecule has 0 fully saturated rings. The second kappa shape index (κ2) is 5.16. The van der Waals surface area contributed by atoms with Crippen LogP contribution in [0.1, 0.15) is 5.82 Å². The normalized spacial score (nSPS) is 10.8. The van der Waals surface area contributed by atoms with Crippen molar-refractivity contribution in [1.29, 1.82) is 0 Å². The van der Waals surface area contributed by atoms with Gasteiger partial charge in [-0.05, 0) is 24.3 Å². The SMILES string of the molecule is Cn1cnc(CCNc2ccc3ncccc3c2N)n1. The van der Waals surface area contributed by atoms with Gasteiger partial charge in [-0.3, -0.25) is 9.67 Å². The third-order valence-corrected chi connectivity index (χ3v) is 3.14. The molecule has 6 heteroatoms. The Labute approximate surface area is 116 Å². The number of rotatable bonds is 4. The molecule has 20 heavy (non-hydrogen) atoms. The number of pyridine rings is 1. The van der Waals surface area contributed by atoms with Crippen LogP contribution in [0.15, 0.2) is 36.8 Å². The minimum Gasteiger partial charge on any atom is -0.397 e. The van der Waals surface area contributed by atoms with Crippen LogP contribution >= 0.6 is 0 Å². The summed E-state index contributed by atoms with van der Waals surface area (Å²) in [4.78, 5) is 8.47. The van der Waals surface area contributed by atoms with E-state index < -0.39 is 0 Å². The van der Waals surface area contributed by atoms with Gasteiger partial charge in [-0.2, -0.15) is 5.10 Å². The third kappa shape index (κ3) is 2.40. The third-order valence-electron chi connectivity index (χ3n) is 3.14. The van der Waals surface area contributed by atoms with E-state index in [0.29, 0.717) is 0 Å². The lowest BCUT2D eigenvalue weighted by molar-refractivity contribution is 0.742. The molecule has 0 spiro atoms.